The first-order chi connectivity index (χ1) is 6.61. The highest BCUT2D eigenvalue weighted by molar-refractivity contribution is 5.79. The summed E-state index contributed by atoms with van der Waals surface area (Å²) in [6.45, 7) is 1.34. The Balaban J connectivity index is 2.56. The van der Waals surface area contributed by atoms with Crippen LogP contribution in [-0.2, 0) is 4.79 Å². The van der Waals surface area contributed by atoms with Crippen LogP contribution in [-0.4, -0.2) is 46.7 Å². The van der Waals surface area contributed by atoms with Gasteiger partial charge in [-0.3, -0.25) is 15.2 Å². The average molecular weight is 200 g/mol. The second-order valence-electron chi connectivity index (χ2n) is 3.35. The smallest absolute Gasteiger partial charge is 0.324 e. The summed E-state index contributed by atoms with van der Waals surface area (Å²) in [5, 5.41) is 19.1. The van der Waals surface area contributed by atoms with Gasteiger partial charge in [0.25, 0.3) is 0 Å². The fraction of sp³-hybridized carbons (Fsp3) is 0.750. The average Bonchev–Trinajstić information content (AvgIpc) is 2.15. The van der Waals surface area contributed by atoms with Gasteiger partial charge in [-0.15, -0.1) is 0 Å². The number of piperidine rings is 1. The molecular formula is C8H16N4O2. The minimum Gasteiger partial charge on any atom is -0.480 e. The van der Waals surface area contributed by atoms with E-state index in [1.54, 1.807) is 0 Å². The Morgan fingerprint density at radius 1 is 1.43 bits per heavy atom. The maximum Gasteiger partial charge on any atom is 0.324 e. The van der Waals surface area contributed by atoms with Crippen molar-refractivity contribution in [2.75, 3.05) is 19.6 Å². The minimum absolute atomic E-state index is 0.200. The van der Waals surface area contributed by atoms with Gasteiger partial charge in [0.05, 0.1) is 0 Å². The maximum atomic E-state index is 10.5. The Morgan fingerprint density at radius 3 is 2.43 bits per heavy atom. The molecule has 1 heterocycles. The van der Waals surface area contributed by atoms with Gasteiger partial charge in [0.2, 0.25) is 5.96 Å². The molecule has 1 saturated heterocycles. The summed E-state index contributed by atoms with van der Waals surface area (Å²) in [5.41, 5.74) is 5.32. The molecule has 0 atom stereocenters. The van der Waals surface area contributed by atoms with Crippen LogP contribution in [0.25, 0.3) is 0 Å². The molecule has 1 fully saturated rings. The number of hydrazine groups is 1. The molecule has 0 unspecified atom stereocenters. The van der Waals surface area contributed by atoms with Gasteiger partial charge in [-0.05, 0) is 12.8 Å². The quantitative estimate of drug-likeness (QED) is 0.428. The molecule has 14 heavy (non-hydrogen) atoms. The normalized spacial score (nSPS) is 17.7. The first kappa shape index (κ1) is 10.8. The van der Waals surface area contributed by atoms with Gasteiger partial charge in [0.15, 0.2) is 0 Å². The van der Waals surface area contributed by atoms with Crippen molar-refractivity contribution in [2.24, 2.45) is 5.73 Å². The highest BCUT2D eigenvalue weighted by Gasteiger charge is 2.21. The van der Waals surface area contributed by atoms with Crippen LogP contribution in [0.3, 0.4) is 0 Å². The van der Waals surface area contributed by atoms with E-state index in [-0.39, 0.29) is 12.5 Å². The van der Waals surface area contributed by atoms with Crippen molar-refractivity contribution in [3.05, 3.63) is 0 Å². The maximum absolute atomic E-state index is 10.5. The molecule has 6 heteroatoms. The molecule has 0 amide bonds. The molecule has 80 valence electrons. The molecule has 0 aromatic rings. The molecule has 0 radical (unpaired) electrons. The Hall–Kier alpha value is -1.30. The van der Waals surface area contributed by atoms with Crippen LogP contribution >= 0.6 is 0 Å². The second kappa shape index (κ2) is 4.80. The number of hydrogen-bond acceptors (Lipinski definition) is 3. The number of nitrogens with two attached hydrogens (primary N) is 1. The summed E-state index contributed by atoms with van der Waals surface area (Å²) < 4.78 is 0. The van der Waals surface area contributed by atoms with E-state index in [2.05, 4.69) is 0 Å². The zero-order chi connectivity index (χ0) is 10.6. The molecule has 1 rings (SSSR count). The van der Waals surface area contributed by atoms with E-state index in [4.69, 9.17) is 16.2 Å². The molecule has 1 aliphatic heterocycles. The zero-order valence-electron chi connectivity index (χ0n) is 8.07. The number of rotatable bonds is 3. The molecule has 0 bridgehead atoms. The lowest BCUT2D eigenvalue weighted by atomic mass is 10.2. The number of guanidine groups is 1. The van der Waals surface area contributed by atoms with Gasteiger partial charge in [0, 0.05) is 13.1 Å². The zero-order valence-corrected chi connectivity index (χ0v) is 8.07. The molecule has 6 nitrogen and oxygen atoms in total. The summed E-state index contributed by atoms with van der Waals surface area (Å²) >= 11 is 0. The van der Waals surface area contributed by atoms with Crippen LogP contribution in [0.2, 0.25) is 0 Å². The van der Waals surface area contributed by atoms with Crippen molar-refractivity contribution in [3.8, 4) is 0 Å². The van der Waals surface area contributed by atoms with Crippen LogP contribution in [0.5, 0.6) is 0 Å². The van der Waals surface area contributed by atoms with E-state index in [0.29, 0.717) is 0 Å². The number of aliphatic carboxylic acids is 1. The predicted molar refractivity (Wildman–Crippen MR) is 51.7 cm³/mol. The van der Waals surface area contributed by atoms with E-state index in [0.717, 1.165) is 32.4 Å². The SMILES string of the molecule is N=C(N)N(CC(=O)O)N1CCCCC1. The summed E-state index contributed by atoms with van der Waals surface area (Å²) in [6, 6.07) is 0. The van der Waals surface area contributed by atoms with Crippen LogP contribution < -0.4 is 5.73 Å². The molecule has 0 spiro atoms. The number of nitrogens with zero attached hydrogens (tertiary/aromatic N) is 2. The molecule has 0 aromatic heterocycles. The second-order valence-corrected chi connectivity index (χ2v) is 3.35. The first-order valence-electron chi connectivity index (χ1n) is 4.69. The van der Waals surface area contributed by atoms with Gasteiger partial charge >= 0.3 is 5.97 Å². The third-order valence-electron chi connectivity index (χ3n) is 2.24. The van der Waals surface area contributed by atoms with Crippen molar-refractivity contribution in [1.82, 2.24) is 10.0 Å². The highest BCUT2D eigenvalue weighted by atomic mass is 16.4. The Labute approximate surface area is 82.8 Å². The molecular weight excluding hydrogens is 184 g/mol. The van der Waals surface area contributed by atoms with E-state index in [1.807, 2.05) is 5.01 Å². The molecule has 1 aliphatic rings. The minimum atomic E-state index is -0.967. The Kier molecular flexibility index (Phi) is 3.70. The van der Waals surface area contributed by atoms with Gasteiger partial charge in [-0.25, -0.2) is 5.01 Å². The molecule has 0 aliphatic carbocycles. The summed E-state index contributed by atoms with van der Waals surface area (Å²) in [7, 11) is 0. The van der Waals surface area contributed by atoms with Gasteiger partial charge in [0.1, 0.15) is 6.54 Å². The summed E-state index contributed by atoms with van der Waals surface area (Å²) in [5.74, 6) is -1.17. The lowest BCUT2D eigenvalue weighted by molar-refractivity contribution is -0.141. The lowest BCUT2D eigenvalue weighted by Gasteiger charge is -2.36. The van der Waals surface area contributed by atoms with Crippen molar-refractivity contribution < 1.29 is 9.90 Å². The van der Waals surface area contributed by atoms with Gasteiger partial charge < -0.3 is 10.8 Å². The summed E-state index contributed by atoms with van der Waals surface area (Å²) in [6.07, 6.45) is 3.22. The van der Waals surface area contributed by atoms with Crippen LogP contribution in [0.1, 0.15) is 19.3 Å². The van der Waals surface area contributed by atoms with Crippen LogP contribution in [0.15, 0.2) is 0 Å². The molecule has 0 saturated carbocycles. The van der Waals surface area contributed by atoms with Crippen molar-refractivity contribution in [3.63, 3.8) is 0 Å². The number of hydrogen-bond donors (Lipinski definition) is 3. The van der Waals surface area contributed by atoms with Gasteiger partial charge in [-0.1, -0.05) is 6.42 Å². The summed E-state index contributed by atoms with van der Waals surface area (Å²) in [4.78, 5) is 10.5. The van der Waals surface area contributed by atoms with Crippen molar-refractivity contribution >= 4 is 11.9 Å². The number of nitrogens with one attached hydrogen (secondary N) is 1. The third-order valence-corrected chi connectivity index (χ3v) is 2.24. The standard InChI is InChI=1S/C8H16N4O2/c9-8(10)12(6-7(13)14)11-4-2-1-3-5-11/h1-6H2,(H3,9,10)(H,13,14). The van der Waals surface area contributed by atoms with E-state index in [9.17, 15) is 4.79 Å². The predicted octanol–water partition coefficient (Wildman–Crippen LogP) is -0.333. The van der Waals surface area contributed by atoms with Crippen molar-refractivity contribution in [2.45, 2.75) is 19.3 Å². The lowest BCUT2D eigenvalue weighted by Crippen LogP contribution is -2.53. The fourth-order valence-corrected chi connectivity index (χ4v) is 1.58. The van der Waals surface area contributed by atoms with Crippen molar-refractivity contribution in [1.29, 1.82) is 5.41 Å². The molecule has 0 aromatic carbocycles. The Morgan fingerprint density at radius 2 is 2.00 bits per heavy atom. The molecule has 4 N–H and O–H groups in total. The van der Waals surface area contributed by atoms with E-state index >= 15 is 0 Å². The fourth-order valence-electron chi connectivity index (χ4n) is 1.58. The van der Waals surface area contributed by atoms with Gasteiger partial charge in [-0.2, -0.15) is 0 Å². The van der Waals surface area contributed by atoms with Crippen LogP contribution in [0, 0.1) is 5.41 Å². The number of carboxylic acids is 1. The highest BCUT2D eigenvalue weighted by Crippen LogP contribution is 2.10. The Bertz CT molecular complexity index is 225. The first-order valence-corrected chi connectivity index (χ1v) is 4.69. The van der Waals surface area contributed by atoms with Crippen LogP contribution in [0.4, 0.5) is 0 Å². The number of carboxylic acid groups (broad SMARTS) is 1. The van der Waals surface area contributed by atoms with E-state index in [1.165, 1.54) is 5.01 Å². The monoisotopic (exact) mass is 200 g/mol. The number of carbonyl (C=O) groups is 1. The van der Waals surface area contributed by atoms with E-state index < -0.39 is 5.97 Å². The largest absolute Gasteiger partial charge is 0.480 e. The third kappa shape index (κ3) is 2.88. The topological polar surface area (TPSA) is 93.7 Å².